The van der Waals surface area contributed by atoms with Gasteiger partial charge in [-0.3, -0.25) is 9.59 Å². The Labute approximate surface area is 158 Å². The van der Waals surface area contributed by atoms with Crippen LogP contribution in [0.2, 0.25) is 0 Å². The van der Waals surface area contributed by atoms with Crippen LogP contribution in [-0.2, 0) is 4.79 Å². The molecule has 1 aliphatic carbocycles. The molecule has 0 N–H and O–H groups in total. The topological polar surface area (TPSA) is 40.6 Å². The number of amides is 2. The molecule has 0 radical (unpaired) electrons. The summed E-state index contributed by atoms with van der Waals surface area (Å²) in [5, 5.41) is 0. The first-order valence-electron chi connectivity index (χ1n) is 9.60. The zero-order valence-corrected chi connectivity index (χ0v) is 15.8. The van der Waals surface area contributed by atoms with E-state index in [-0.39, 0.29) is 22.3 Å². The molecule has 1 aromatic rings. The quantitative estimate of drug-likeness (QED) is 0.793. The van der Waals surface area contributed by atoms with Gasteiger partial charge < -0.3 is 9.80 Å². The Kier molecular flexibility index (Phi) is 4.95. The number of carbonyl (C=O) groups excluding carboxylic acids is 2. The van der Waals surface area contributed by atoms with Gasteiger partial charge in [0.25, 0.3) is 5.91 Å². The van der Waals surface area contributed by atoms with E-state index < -0.39 is 5.82 Å². The van der Waals surface area contributed by atoms with E-state index in [1.807, 2.05) is 11.8 Å². The van der Waals surface area contributed by atoms with Crippen molar-refractivity contribution in [2.75, 3.05) is 25.4 Å². The number of nitrogens with zero attached hydrogens (tertiary/aromatic N) is 2. The number of halogens is 1. The van der Waals surface area contributed by atoms with Crippen molar-refractivity contribution in [3.05, 3.63) is 35.6 Å². The SMILES string of the molecule is O=C(c1ccccc1F)N1CCC2(CC1)SCCN2C(=O)C1CCCC1. The fourth-order valence-electron chi connectivity index (χ4n) is 4.59. The van der Waals surface area contributed by atoms with Crippen LogP contribution in [0.3, 0.4) is 0 Å². The highest BCUT2D eigenvalue weighted by Crippen LogP contribution is 2.45. The lowest BCUT2D eigenvalue weighted by molar-refractivity contribution is -0.138. The Bertz CT molecular complexity index is 697. The summed E-state index contributed by atoms with van der Waals surface area (Å²) in [5.74, 6) is 0.783. The summed E-state index contributed by atoms with van der Waals surface area (Å²) < 4.78 is 13.9. The molecule has 1 spiro atoms. The van der Waals surface area contributed by atoms with E-state index in [9.17, 15) is 14.0 Å². The van der Waals surface area contributed by atoms with Gasteiger partial charge in [0.15, 0.2) is 0 Å². The van der Waals surface area contributed by atoms with Crippen molar-refractivity contribution in [3.63, 3.8) is 0 Å². The minimum absolute atomic E-state index is 0.140. The van der Waals surface area contributed by atoms with Crippen molar-refractivity contribution in [1.29, 1.82) is 0 Å². The van der Waals surface area contributed by atoms with Crippen molar-refractivity contribution < 1.29 is 14.0 Å². The molecule has 4 rings (SSSR count). The summed E-state index contributed by atoms with van der Waals surface area (Å²) >= 11 is 1.87. The molecule has 6 heteroatoms. The molecule has 140 valence electrons. The number of hydrogen-bond acceptors (Lipinski definition) is 3. The Hall–Kier alpha value is -1.56. The van der Waals surface area contributed by atoms with Crippen LogP contribution >= 0.6 is 11.8 Å². The third-order valence-electron chi connectivity index (χ3n) is 6.08. The number of rotatable bonds is 2. The standard InChI is InChI=1S/C20H25FN2O2S/c21-17-8-4-3-7-16(17)19(25)22-11-9-20(10-12-22)23(13-14-26-20)18(24)15-5-1-2-6-15/h3-4,7-8,15H,1-2,5-6,9-14H2. The van der Waals surface area contributed by atoms with Gasteiger partial charge in [-0.25, -0.2) is 4.39 Å². The van der Waals surface area contributed by atoms with Gasteiger partial charge in [-0.05, 0) is 37.8 Å². The Morgan fingerprint density at radius 2 is 1.77 bits per heavy atom. The molecule has 0 aromatic heterocycles. The predicted molar refractivity (Wildman–Crippen MR) is 100 cm³/mol. The van der Waals surface area contributed by atoms with Crippen LogP contribution in [-0.4, -0.2) is 51.9 Å². The van der Waals surface area contributed by atoms with Gasteiger partial charge in [0, 0.05) is 31.3 Å². The molecule has 2 saturated heterocycles. The maximum atomic E-state index is 13.9. The first-order valence-corrected chi connectivity index (χ1v) is 10.6. The van der Waals surface area contributed by atoms with Gasteiger partial charge in [-0.1, -0.05) is 25.0 Å². The Balaban J connectivity index is 1.44. The van der Waals surface area contributed by atoms with E-state index in [1.54, 1.807) is 23.1 Å². The van der Waals surface area contributed by atoms with Crippen LogP contribution in [0.5, 0.6) is 0 Å². The van der Waals surface area contributed by atoms with Crippen molar-refractivity contribution >= 4 is 23.6 Å². The van der Waals surface area contributed by atoms with E-state index in [0.717, 1.165) is 50.8 Å². The van der Waals surface area contributed by atoms with Gasteiger partial charge in [-0.2, -0.15) is 0 Å². The molecule has 3 fully saturated rings. The molecule has 4 nitrogen and oxygen atoms in total. The van der Waals surface area contributed by atoms with Gasteiger partial charge in [0.05, 0.1) is 10.4 Å². The van der Waals surface area contributed by atoms with Crippen molar-refractivity contribution in [2.45, 2.75) is 43.4 Å². The highest BCUT2D eigenvalue weighted by molar-refractivity contribution is 8.00. The van der Waals surface area contributed by atoms with E-state index in [2.05, 4.69) is 4.90 Å². The minimum Gasteiger partial charge on any atom is -0.338 e. The molecule has 26 heavy (non-hydrogen) atoms. The van der Waals surface area contributed by atoms with Crippen LogP contribution in [0.4, 0.5) is 4.39 Å². The molecule has 3 aliphatic rings. The molecular weight excluding hydrogens is 351 g/mol. The molecule has 0 unspecified atom stereocenters. The summed E-state index contributed by atoms with van der Waals surface area (Å²) in [6, 6.07) is 6.16. The second kappa shape index (κ2) is 7.22. The number of piperidine rings is 1. The average Bonchev–Trinajstić information content (AvgIpc) is 3.32. The normalized spacial score (nSPS) is 23.0. The molecule has 0 atom stereocenters. The van der Waals surface area contributed by atoms with Crippen molar-refractivity contribution in [2.24, 2.45) is 5.92 Å². The molecule has 2 heterocycles. The van der Waals surface area contributed by atoms with Gasteiger partial charge >= 0.3 is 0 Å². The summed E-state index contributed by atoms with van der Waals surface area (Å²) in [4.78, 5) is 29.3. The molecule has 0 bridgehead atoms. The number of thioether (sulfide) groups is 1. The fourth-order valence-corrected chi connectivity index (χ4v) is 6.05. The maximum Gasteiger partial charge on any atom is 0.256 e. The van der Waals surface area contributed by atoms with Gasteiger partial charge in [0.1, 0.15) is 5.82 Å². The van der Waals surface area contributed by atoms with E-state index >= 15 is 0 Å². The fraction of sp³-hybridized carbons (Fsp3) is 0.600. The first-order chi connectivity index (χ1) is 12.6. The largest absolute Gasteiger partial charge is 0.338 e. The smallest absolute Gasteiger partial charge is 0.256 e. The van der Waals surface area contributed by atoms with Crippen LogP contribution in [0.1, 0.15) is 48.9 Å². The summed E-state index contributed by atoms with van der Waals surface area (Å²) in [7, 11) is 0. The second-order valence-electron chi connectivity index (χ2n) is 7.54. The Morgan fingerprint density at radius 3 is 2.46 bits per heavy atom. The molecule has 2 amide bonds. The average molecular weight is 376 g/mol. The highest BCUT2D eigenvalue weighted by atomic mass is 32.2. The van der Waals surface area contributed by atoms with E-state index in [1.165, 1.54) is 6.07 Å². The van der Waals surface area contributed by atoms with E-state index in [0.29, 0.717) is 19.0 Å². The first kappa shape index (κ1) is 17.8. The zero-order valence-electron chi connectivity index (χ0n) is 15.0. The summed E-state index contributed by atoms with van der Waals surface area (Å²) in [6.07, 6.45) is 5.92. The van der Waals surface area contributed by atoms with Gasteiger partial charge in [-0.15, -0.1) is 11.8 Å². The number of likely N-dealkylation sites (tertiary alicyclic amines) is 1. The predicted octanol–water partition coefficient (Wildman–Crippen LogP) is 3.52. The second-order valence-corrected chi connectivity index (χ2v) is 8.99. The van der Waals surface area contributed by atoms with Crippen molar-refractivity contribution in [1.82, 2.24) is 9.80 Å². The van der Waals surface area contributed by atoms with Gasteiger partial charge in [0.2, 0.25) is 5.91 Å². The van der Waals surface area contributed by atoms with Crippen LogP contribution in [0.25, 0.3) is 0 Å². The van der Waals surface area contributed by atoms with Crippen LogP contribution in [0.15, 0.2) is 24.3 Å². The Morgan fingerprint density at radius 1 is 1.08 bits per heavy atom. The maximum absolute atomic E-state index is 13.9. The lowest BCUT2D eigenvalue weighted by atomic mass is 9.98. The molecule has 1 aromatic carbocycles. The zero-order chi connectivity index (χ0) is 18.1. The lowest BCUT2D eigenvalue weighted by Crippen LogP contribution is -2.54. The molecule has 2 aliphatic heterocycles. The van der Waals surface area contributed by atoms with Crippen molar-refractivity contribution in [3.8, 4) is 0 Å². The minimum atomic E-state index is -0.467. The highest BCUT2D eigenvalue weighted by Gasteiger charge is 2.48. The number of hydrogen-bond donors (Lipinski definition) is 0. The van der Waals surface area contributed by atoms with Crippen LogP contribution < -0.4 is 0 Å². The monoisotopic (exact) mass is 376 g/mol. The van der Waals surface area contributed by atoms with E-state index in [4.69, 9.17) is 0 Å². The molecule has 1 saturated carbocycles. The molecular formula is C20H25FN2O2S. The third kappa shape index (κ3) is 3.13. The third-order valence-corrected chi connectivity index (χ3v) is 7.64. The number of carbonyl (C=O) groups is 2. The van der Waals surface area contributed by atoms with Crippen LogP contribution in [0, 0.1) is 11.7 Å². The summed E-state index contributed by atoms with van der Waals surface area (Å²) in [5.41, 5.74) is 0.140. The summed E-state index contributed by atoms with van der Waals surface area (Å²) in [6.45, 7) is 1.98. The number of benzene rings is 1. The lowest BCUT2D eigenvalue weighted by Gasteiger charge is -2.44.